The number of hydrogen-bond donors (Lipinski definition) is 2. The molecule has 0 saturated carbocycles. The Labute approximate surface area is 109 Å². The number of aromatic carboxylic acids is 1. The Morgan fingerprint density at radius 3 is 2.61 bits per heavy atom. The van der Waals surface area contributed by atoms with Crippen molar-refractivity contribution in [2.24, 2.45) is 5.73 Å². The number of nitrogens with two attached hydrogens (primary N) is 1. The minimum Gasteiger partial charge on any atom is -0.478 e. The maximum Gasteiger partial charge on any atom is 0.337 e. The Bertz CT molecular complexity index is 485. The van der Waals surface area contributed by atoms with Crippen molar-refractivity contribution in [3.05, 3.63) is 34.3 Å². The van der Waals surface area contributed by atoms with Crippen LogP contribution in [0.5, 0.6) is 0 Å². The number of ether oxygens (including phenoxy) is 1. The predicted molar refractivity (Wildman–Crippen MR) is 66.6 cm³/mol. The van der Waals surface area contributed by atoms with Crippen molar-refractivity contribution in [1.82, 2.24) is 0 Å². The van der Waals surface area contributed by atoms with Crippen LogP contribution in [0.3, 0.4) is 0 Å². The predicted octanol–water partition coefficient (Wildman–Crippen LogP) is 1.78. The number of carbonyl (C=O) groups is 2. The highest BCUT2D eigenvalue weighted by molar-refractivity contribution is 6.33. The van der Waals surface area contributed by atoms with Crippen LogP contribution in [0.1, 0.15) is 29.3 Å². The van der Waals surface area contributed by atoms with Crippen LogP contribution in [0.4, 0.5) is 0 Å². The number of carboxylic acid groups (broad SMARTS) is 1. The first-order chi connectivity index (χ1) is 8.27. The smallest absolute Gasteiger partial charge is 0.337 e. The Kier molecular flexibility index (Phi) is 4.32. The monoisotopic (exact) mass is 271 g/mol. The Morgan fingerprint density at radius 1 is 1.50 bits per heavy atom. The van der Waals surface area contributed by atoms with E-state index in [9.17, 15) is 9.59 Å². The van der Waals surface area contributed by atoms with E-state index in [4.69, 9.17) is 22.4 Å². The molecule has 0 saturated heterocycles. The van der Waals surface area contributed by atoms with Crippen molar-refractivity contribution < 1.29 is 19.4 Å². The van der Waals surface area contributed by atoms with E-state index in [-0.39, 0.29) is 17.0 Å². The second-order valence-corrected chi connectivity index (χ2v) is 4.58. The van der Waals surface area contributed by atoms with Crippen LogP contribution in [-0.2, 0) is 15.1 Å². The van der Waals surface area contributed by atoms with Gasteiger partial charge >= 0.3 is 11.9 Å². The second-order valence-electron chi connectivity index (χ2n) is 4.17. The van der Waals surface area contributed by atoms with Gasteiger partial charge in [0.15, 0.2) is 0 Å². The molecule has 0 aliphatic carbocycles. The topological polar surface area (TPSA) is 89.6 Å². The molecule has 3 N–H and O–H groups in total. The lowest BCUT2D eigenvalue weighted by atomic mass is 9.89. The number of carbonyl (C=O) groups excluding carboxylic acids is 1. The fourth-order valence-corrected chi connectivity index (χ4v) is 1.72. The molecule has 0 aliphatic rings. The average Bonchev–Trinajstić information content (AvgIpc) is 2.28. The largest absolute Gasteiger partial charge is 0.478 e. The van der Waals surface area contributed by atoms with Crippen LogP contribution >= 0.6 is 11.6 Å². The highest BCUT2D eigenvalue weighted by Gasteiger charge is 2.26. The van der Waals surface area contributed by atoms with E-state index in [1.165, 1.54) is 19.2 Å². The van der Waals surface area contributed by atoms with E-state index < -0.39 is 17.5 Å². The lowest BCUT2D eigenvalue weighted by Crippen LogP contribution is -2.36. The molecule has 0 amide bonds. The molecule has 6 heteroatoms. The summed E-state index contributed by atoms with van der Waals surface area (Å²) < 4.78 is 4.55. The van der Waals surface area contributed by atoms with Crippen LogP contribution in [0, 0.1) is 0 Å². The third kappa shape index (κ3) is 3.21. The molecule has 5 nitrogen and oxygen atoms in total. The van der Waals surface area contributed by atoms with Gasteiger partial charge in [0.05, 0.1) is 24.1 Å². The fraction of sp³-hybridized carbons (Fsp3) is 0.333. The molecule has 1 atom stereocenters. The van der Waals surface area contributed by atoms with E-state index in [1.54, 1.807) is 13.0 Å². The molecule has 98 valence electrons. The van der Waals surface area contributed by atoms with Crippen LogP contribution in [0.15, 0.2) is 18.2 Å². The van der Waals surface area contributed by atoms with Crippen LogP contribution in [0.2, 0.25) is 5.02 Å². The highest BCUT2D eigenvalue weighted by atomic mass is 35.5. The lowest BCUT2D eigenvalue weighted by Gasteiger charge is -2.24. The molecule has 0 fully saturated rings. The van der Waals surface area contributed by atoms with Gasteiger partial charge < -0.3 is 15.6 Å². The van der Waals surface area contributed by atoms with E-state index in [0.717, 1.165) is 0 Å². The molecular weight excluding hydrogens is 258 g/mol. The average molecular weight is 272 g/mol. The summed E-state index contributed by atoms with van der Waals surface area (Å²) >= 11 is 5.76. The minimum absolute atomic E-state index is 0.0456. The van der Waals surface area contributed by atoms with Gasteiger partial charge in [-0.15, -0.1) is 0 Å². The van der Waals surface area contributed by atoms with E-state index in [0.29, 0.717) is 5.56 Å². The molecule has 0 unspecified atom stereocenters. The van der Waals surface area contributed by atoms with Gasteiger partial charge in [-0.05, 0) is 24.6 Å². The van der Waals surface area contributed by atoms with Crippen molar-refractivity contribution in [3.63, 3.8) is 0 Å². The molecule has 0 spiro atoms. The third-order valence-corrected chi connectivity index (χ3v) is 2.93. The molecule has 0 aliphatic heterocycles. The van der Waals surface area contributed by atoms with E-state index in [1.807, 2.05) is 0 Å². The van der Waals surface area contributed by atoms with Crippen molar-refractivity contribution in [2.45, 2.75) is 18.9 Å². The van der Waals surface area contributed by atoms with Crippen LogP contribution < -0.4 is 5.73 Å². The highest BCUT2D eigenvalue weighted by Crippen LogP contribution is 2.26. The Balaban J connectivity index is 3.13. The molecule has 0 heterocycles. The normalized spacial score (nSPS) is 13.8. The number of esters is 1. The van der Waals surface area contributed by atoms with Gasteiger partial charge in [-0.3, -0.25) is 4.79 Å². The summed E-state index contributed by atoms with van der Waals surface area (Å²) in [5.74, 6) is -1.61. The molecule has 0 bridgehead atoms. The third-order valence-electron chi connectivity index (χ3n) is 2.60. The van der Waals surface area contributed by atoms with Crippen molar-refractivity contribution in [2.75, 3.05) is 7.11 Å². The standard InChI is InChI=1S/C12H14ClNO4/c1-12(14,6-10(15)18-2)7-3-4-9(13)8(5-7)11(16)17/h3-5H,6,14H2,1-2H3,(H,16,17)/t12-/m1/s1. The molecule has 1 aromatic rings. The summed E-state index contributed by atoms with van der Waals surface area (Å²) in [4.78, 5) is 22.2. The van der Waals surface area contributed by atoms with Gasteiger partial charge in [-0.1, -0.05) is 17.7 Å². The van der Waals surface area contributed by atoms with Gasteiger partial charge in [0, 0.05) is 5.54 Å². The molecule has 18 heavy (non-hydrogen) atoms. The van der Waals surface area contributed by atoms with Gasteiger partial charge in [0.2, 0.25) is 0 Å². The maximum absolute atomic E-state index is 11.2. The quantitative estimate of drug-likeness (QED) is 0.815. The number of rotatable bonds is 4. The molecule has 1 aromatic carbocycles. The number of benzene rings is 1. The number of halogens is 1. The van der Waals surface area contributed by atoms with Gasteiger partial charge in [0.25, 0.3) is 0 Å². The number of methoxy groups -OCH3 is 1. The minimum atomic E-state index is -1.14. The summed E-state index contributed by atoms with van der Waals surface area (Å²) in [6.07, 6.45) is -0.0514. The van der Waals surface area contributed by atoms with Crippen molar-refractivity contribution >= 4 is 23.5 Å². The van der Waals surface area contributed by atoms with Gasteiger partial charge in [-0.25, -0.2) is 4.79 Å². The van der Waals surface area contributed by atoms with Gasteiger partial charge in [-0.2, -0.15) is 0 Å². The number of carboxylic acids is 1. The summed E-state index contributed by atoms with van der Waals surface area (Å²) in [5.41, 5.74) is 5.45. The Morgan fingerprint density at radius 2 is 2.11 bits per heavy atom. The first-order valence-corrected chi connectivity index (χ1v) is 5.54. The zero-order valence-electron chi connectivity index (χ0n) is 10.1. The zero-order chi connectivity index (χ0) is 13.9. The molecule has 0 aromatic heterocycles. The summed E-state index contributed by atoms with van der Waals surface area (Å²) in [6.45, 7) is 1.62. The van der Waals surface area contributed by atoms with Crippen molar-refractivity contribution in [3.8, 4) is 0 Å². The van der Waals surface area contributed by atoms with Crippen LogP contribution in [0.25, 0.3) is 0 Å². The number of hydrogen-bond acceptors (Lipinski definition) is 4. The summed E-state index contributed by atoms with van der Waals surface area (Å²) in [7, 11) is 1.27. The van der Waals surface area contributed by atoms with Crippen LogP contribution in [-0.4, -0.2) is 24.2 Å². The van der Waals surface area contributed by atoms with E-state index in [2.05, 4.69) is 4.74 Å². The van der Waals surface area contributed by atoms with Crippen molar-refractivity contribution in [1.29, 1.82) is 0 Å². The first-order valence-electron chi connectivity index (χ1n) is 5.17. The molecule has 1 rings (SSSR count). The van der Waals surface area contributed by atoms with E-state index >= 15 is 0 Å². The first kappa shape index (κ1) is 14.5. The second kappa shape index (κ2) is 5.37. The summed E-state index contributed by atoms with van der Waals surface area (Å²) in [5, 5.41) is 9.09. The summed E-state index contributed by atoms with van der Waals surface area (Å²) in [6, 6.07) is 4.41. The molecular formula is C12H14ClNO4. The Hall–Kier alpha value is -1.59. The lowest BCUT2D eigenvalue weighted by molar-refractivity contribution is -0.141. The van der Waals surface area contributed by atoms with Gasteiger partial charge in [0.1, 0.15) is 0 Å². The molecule has 0 radical (unpaired) electrons. The maximum atomic E-state index is 11.2. The fourth-order valence-electron chi connectivity index (χ4n) is 1.52. The SMILES string of the molecule is COC(=O)C[C@@](C)(N)c1ccc(Cl)c(C(=O)O)c1. The zero-order valence-corrected chi connectivity index (χ0v) is 10.8.